The highest BCUT2D eigenvalue weighted by molar-refractivity contribution is 6.35. The molecule has 1 heterocycles. The molecule has 0 saturated carbocycles. The number of nitrogens with zero attached hydrogens (tertiary/aromatic N) is 2. The quantitative estimate of drug-likeness (QED) is 0.911. The first kappa shape index (κ1) is 14.8. The van der Waals surface area contributed by atoms with E-state index in [2.05, 4.69) is 9.97 Å². The van der Waals surface area contributed by atoms with Crippen LogP contribution in [0.1, 0.15) is 12.7 Å². The molecule has 0 amide bonds. The Morgan fingerprint density at radius 3 is 2.70 bits per heavy atom. The molecule has 0 radical (unpaired) electrons. The molecule has 1 aromatic carbocycles. The number of rotatable bonds is 5. The predicted octanol–water partition coefficient (Wildman–Crippen LogP) is 3.69. The first-order chi connectivity index (χ1) is 9.58. The van der Waals surface area contributed by atoms with Gasteiger partial charge in [0.05, 0.1) is 5.02 Å². The van der Waals surface area contributed by atoms with Crippen LogP contribution in [0.5, 0.6) is 11.6 Å². The van der Waals surface area contributed by atoms with Crippen molar-refractivity contribution >= 4 is 29.0 Å². The van der Waals surface area contributed by atoms with Crippen molar-refractivity contribution in [2.45, 2.75) is 13.5 Å². The summed E-state index contributed by atoms with van der Waals surface area (Å²) in [5.74, 6) is 1.50. The zero-order valence-corrected chi connectivity index (χ0v) is 12.3. The summed E-state index contributed by atoms with van der Waals surface area (Å²) in [6, 6.07) is 6.43. The van der Waals surface area contributed by atoms with Crippen LogP contribution in [0.2, 0.25) is 10.0 Å². The van der Waals surface area contributed by atoms with Crippen molar-refractivity contribution in [2.24, 2.45) is 0 Å². The molecule has 2 rings (SSSR count). The second-order valence-electron chi connectivity index (χ2n) is 3.86. The van der Waals surface area contributed by atoms with E-state index in [1.54, 1.807) is 18.2 Å². The molecule has 7 heteroatoms. The standard InChI is InChI=1S/C13H13Cl2N3O2/c1-2-19-7-12-17-11(16)6-13(18-12)20-10-4-3-8(14)5-9(10)15/h3-6H,2,7H2,1H3,(H2,16,17,18). The van der Waals surface area contributed by atoms with E-state index in [0.29, 0.717) is 39.9 Å². The van der Waals surface area contributed by atoms with Gasteiger partial charge in [0.1, 0.15) is 18.2 Å². The Labute approximate surface area is 126 Å². The Morgan fingerprint density at radius 2 is 2.00 bits per heavy atom. The zero-order chi connectivity index (χ0) is 14.5. The van der Waals surface area contributed by atoms with Crippen molar-refractivity contribution < 1.29 is 9.47 Å². The number of ether oxygens (including phenoxy) is 2. The van der Waals surface area contributed by atoms with Crippen LogP contribution in [0, 0.1) is 0 Å². The summed E-state index contributed by atoms with van der Waals surface area (Å²) >= 11 is 11.9. The second kappa shape index (κ2) is 6.74. The van der Waals surface area contributed by atoms with E-state index < -0.39 is 0 Å². The maximum atomic E-state index is 6.03. The first-order valence-electron chi connectivity index (χ1n) is 5.92. The summed E-state index contributed by atoms with van der Waals surface area (Å²) in [6.07, 6.45) is 0. The highest BCUT2D eigenvalue weighted by Gasteiger charge is 2.08. The topological polar surface area (TPSA) is 70.3 Å². The fourth-order valence-electron chi connectivity index (χ4n) is 1.47. The van der Waals surface area contributed by atoms with Crippen molar-refractivity contribution in [3.63, 3.8) is 0 Å². The molecule has 0 aliphatic carbocycles. The molecule has 20 heavy (non-hydrogen) atoms. The van der Waals surface area contributed by atoms with E-state index in [-0.39, 0.29) is 6.61 Å². The highest BCUT2D eigenvalue weighted by atomic mass is 35.5. The maximum Gasteiger partial charge on any atom is 0.224 e. The van der Waals surface area contributed by atoms with E-state index in [4.69, 9.17) is 38.4 Å². The predicted molar refractivity (Wildman–Crippen MR) is 78.3 cm³/mol. The molecule has 5 nitrogen and oxygen atoms in total. The van der Waals surface area contributed by atoms with Gasteiger partial charge in [-0.3, -0.25) is 0 Å². The lowest BCUT2D eigenvalue weighted by atomic mass is 10.3. The highest BCUT2D eigenvalue weighted by Crippen LogP contribution is 2.31. The third-order valence-corrected chi connectivity index (χ3v) is 2.84. The Bertz CT molecular complexity index is 608. The van der Waals surface area contributed by atoms with E-state index in [9.17, 15) is 0 Å². The smallest absolute Gasteiger partial charge is 0.224 e. The number of anilines is 1. The van der Waals surface area contributed by atoms with Gasteiger partial charge in [-0.25, -0.2) is 4.98 Å². The van der Waals surface area contributed by atoms with Crippen molar-refractivity contribution in [3.05, 3.63) is 40.1 Å². The van der Waals surface area contributed by atoms with Crippen molar-refractivity contribution in [3.8, 4) is 11.6 Å². The largest absolute Gasteiger partial charge is 0.437 e. The van der Waals surface area contributed by atoms with Gasteiger partial charge in [0.2, 0.25) is 5.88 Å². The molecule has 0 atom stereocenters. The van der Waals surface area contributed by atoms with Crippen LogP contribution in [0.4, 0.5) is 5.82 Å². The summed E-state index contributed by atoms with van der Waals surface area (Å²) in [6.45, 7) is 2.72. The van der Waals surface area contributed by atoms with Gasteiger partial charge < -0.3 is 15.2 Å². The second-order valence-corrected chi connectivity index (χ2v) is 4.70. The third kappa shape index (κ3) is 3.96. The van der Waals surface area contributed by atoms with Gasteiger partial charge in [-0.1, -0.05) is 23.2 Å². The SMILES string of the molecule is CCOCc1nc(N)cc(Oc2ccc(Cl)cc2Cl)n1. The van der Waals surface area contributed by atoms with E-state index in [1.165, 1.54) is 6.07 Å². The molecule has 0 bridgehead atoms. The monoisotopic (exact) mass is 313 g/mol. The lowest BCUT2D eigenvalue weighted by Crippen LogP contribution is -2.03. The lowest BCUT2D eigenvalue weighted by Gasteiger charge is -2.09. The van der Waals surface area contributed by atoms with E-state index in [0.717, 1.165) is 0 Å². The van der Waals surface area contributed by atoms with Crippen LogP contribution in [0.15, 0.2) is 24.3 Å². The van der Waals surface area contributed by atoms with Crippen LogP contribution >= 0.6 is 23.2 Å². The number of aromatic nitrogens is 2. The number of hydrogen-bond acceptors (Lipinski definition) is 5. The molecule has 1 aromatic heterocycles. The number of nitrogens with two attached hydrogens (primary N) is 1. The van der Waals surface area contributed by atoms with Crippen LogP contribution < -0.4 is 10.5 Å². The van der Waals surface area contributed by atoms with Crippen LogP contribution in [-0.2, 0) is 11.3 Å². The Morgan fingerprint density at radius 1 is 1.20 bits per heavy atom. The Balaban J connectivity index is 2.21. The number of hydrogen-bond donors (Lipinski definition) is 1. The Kier molecular flexibility index (Phi) is 5.00. The van der Waals surface area contributed by atoms with Crippen LogP contribution in [-0.4, -0.2) is 16.6 Å². The lowest BCUT2D eigenvalue weighted by molar-refractivity contribution is 0.128. The molecule has 0 spiro atoms. The van der Waals surface area contributed by atoms with Crippen molar-refractivity contribution in [1.82, 2.24) is 9.97 Å². The minimum absolute atomic E-state index is 0.270. The summed E-state index contributed by atoms with van der Waals surface area (Å²) < 4.78 is 10.8. The van der Waals surface area contributed by atoms with Gasteiger partial charge in [-0.05, 0) is 25.1 Å². The van der Waals surface area contributed by atoms with E-state index in [1.807, 2.05) is 6.92 Å². The maximum absolute atomic E-state index is 6.03. The van der Waals surface area contributed by atoms with Crippen molar-refractivity contribution in [1.29, 1.82) is 0 Å². The average Bonchev–Trinajstić information content (AvgIpc) is 2.39. The van der Waals surface area contributed by atoms with Crippen molar-refractivity contribution in [2.75, 3.05) is 12.3 Å². The molecule has 0 aliphatic heterocycles. The molecule has 0 unspecified atom stereocenters. The number of benzene rings is 1. The minimum atomic E-state index is 0.270. The first-order valence-corrected chi connectivity index (χ1v) is 6.68. The zero-order valence-electron chi connectivity index (χ0n) is 10.8. The number of halogens is 2. The molecule has 2 aromatic rings. The molecule has 106 valence electrons. The van der Waals surface area contributed by atoms with E-state index >= 15 is 0 Å². The van der Waals surface area contributed by atoms with Gasteiger partial charge in [0.15, 0.2) is 5.82 Å². The fourth-order valence-corrected chi connectivity index (χ4v) is 1.92. The van der Waals surface area contributed by atoms with Gasteiger partial charge in [0, 0.05) is 17.7 Å². The summed E-state index contributed by atoms with van der Waals surface area (Å²) in [5, 5.41) is 0.919. The molecule has 0 fully saturated rings. The summed E-state index contributed by atoms with van der Waals surface area (Å²) in [5.41, 5.74) is 5.71. The van der Waals surface area contributed by atoms with Gasteiger partial charge in [-0.15, -0.1) is 0 Å². The molecular formula is C13H13Cl2N3O2. The van der Waals surface area contributed by atoms with Gasteiger partial charge in [0.25, 0.3) is 0 Å². The molecular weight excluding hydrogens is 301 g/mol. The number of nitrogen functional groups attached to an aromatic ring is 1. The minimum Gasteiger partial charge on any atom is -0.437 e. The molecule has 0 saturated heterocycles. The Hall–Kier alpha value is -1.56. The molecule has 2 N–H and O–H groups in total. The molecule has 0 aliphatic rings. The third-order valence-electron chi connectivity index (χ3n) is 2.31. The van der Waals surface area contributed by atoms with Crippen LogP contribution in [0.3, 0.4) is 0 Å². The van der Waals surface area contributed by atoms with Gasteiger partial charge >= 0.3 is 0 Å². The summed E-state index contributed by atoms with van der Waals surface area (Å²) in [7, 11) is 0. The van der Waals surface area contributed by atoms with Crippen LogP contribution in [0.25, 0.3) is 0 Å². The van der Waals surface area contributed by atoms with Gasteiger partial charge in [-0.2, -0.15) is 4.98 Å². The fraction of sp³-hybridized carbons (Fsp3) is 0.231. The normalized spacial score (nSPS) is 10.6. The average molecular weight is 314 g/mol. The summed E-state index contributed by atoms with van der Waals surface area (Å²) in [4.78, 5) is 8.26.